The minimum Gasteiger partial charge on any atom is -0.338 e. The highest BCUT2D eigenvalue weighted by molar-refractivity contribution is 5.83. The molecular weight excluding hydrogens is 255 g/mol. The van der Waals surface area contributed by atoms with Crippen molar-refractivity contribution in [3.05, 3.63) is 35.4 Å². The van der Waals surface area contributed by atoms with E-state index in [1.165, 1.54) is 0 Å². The molecule has 5 heteroatoms. The third-order valence-electron chi connectivity index (χ3n) is 3.87. The van der Waals surface area contributed by atoms with E-state index in [1.807, 2.05) is 32.9 Å². The van der Waals surface area contributed by atoms with Gasteiger partial charge in [-0.1, -0.05) is 43.7 Å². The average Bonchev–Trinajstić information content (AvgIpc) is 2.81. The van der Waals surface area contributed by atoms with E-state index in [9.17, 15) is 18.0 Å². The van der Waals surface area contributed by atoms with E-state index in [4.69, 9.17) is 0 Å². The molecule has 2 nitrogen and oxygen atoms in total. The molecule has 1 atom stereocenters. The van der Waals surface area contributed by atoms with Crippen molar-refractivity contribution in [2.75, 3.05) is 0 Å². The predicted molar refractivity (Wildman–Crippen MR) is 65.5 cm³/mol. The Kier molecular flexibility index (Phi) is 2.92. The molecule has 19 heavy (non-hydrogen) atoms. The molecule has 1 aliphatic carbocycles. The topological polar surface area (TPSA) is 29.1 Å². The van der Waals surface area contributed by atoms with Crippen molar-refractivity contribution < 1.29 is 18.0 Å². The molecule has 1 fully saturated rings. The number of amides is 1. The molecule has 0 aromatic heterocycles. The summed E-state index contributed by atoms with van der Waals surface area (Å²) < 4.78 is 37.3. The van der Waals surface area contributed by atoms with Gasteiger partial charge in [-0.25, -0.2) is 0 Å². The van der Waals surface area contributed by atoms with Crippen LogP contribution in [-0.4, -0.2) is 12.1 Å². The highest BCUT2D eigenvalue weighted by Crippen LogP contribution is 2.62. The van der Waals surface area contributed by atoms with Gasteiger partial charge in [-0.2, -0.15) is 13.2 Å². The maximum Gasteiger partial charge on any atom is 0.471 e. The number of aryl methyl sites for hydroxylation is 1. The summed E-state index contributed by atoms with van der Waals surface area (Å²) in [4.78, 5) is 11.2. The molecule has 0 bridgehead atoms. The lowest BCUT2D eigenvalue weighted by molar-refractivity contribution is -0.175. The minimum atomic E-state index is -4.85. The second-order valence-electron chi connectivity index (χ2n) is 5.78. The fourth-order valence-corrected chi connectivity index (χ4v) is 2.50. The number of hydrogen-bond acceptors (Lipinski definition) is 1. The SMILES string of the molecule is Cc1ccc(C2(NC(=O)C(F)(F)F)CC2(C)C)cc1. The van der Waals surface area contributed by atoms with Gasteiger partial charge in [-0.3, -0.25) is 4.79 Å². The van der Waals surface area contributed by atoms with Crippen LogP contribution in [0.3, 0.4) is 0 Å². The summed E-state index contributed by atoms with van der Waals surface area (Å²) in [6.07, 6.45) is -4.35. The number of carbonyl (C=O) groups excluding carboxylic acids is 1. The van der Waals surface area contributed by atoms with E-state index >= 15 is 0 Å². The Balaban J connectivity index is 2.31. The maximum atomic E-state index is 12.4. The van der Waals surface area contributed by atoms with Crippen LogP contribution in [0.5, 0.6) is 0 Å². The quantitative estimate of drug-likeness (QED) is 0.878. The number of rotatable bonds is 2. The van der Waals surface area contributed by atoms with Gasteiger partial charge in [0, 0.05) is 0 Å². The predicted octanol–water partition coefficient (Wildman–Crippen LogP) is 3.30. The van der Waals surface area contributed by atoms with Crippen molar-refractivity contribution >= 4 is 5.91 Å². The fourth-order valence-electron chi connectivity index (χ4n) is 2.50. The van der Waals surface area contributed by atoms with E-state index in [1.54, 1.807) is 12.1 Å². The lowest BCUT2D eigenvalue weighted by Gasteiger charge is -2.23. The summed E-state index contributed by atoms with van der Waals surface area (Å²) in [7, 11) is 0. The van der Waals surface area contributed by atoms with Crippen LogP contribution in [0.25, 0.3) is 0 Å². The first-order valence-corrected chi connectivity index (χ1v) is 6.05. The largest absolute Gasteiger partial charge is 0.471 e. The zero-order valence-corrected chi connectivity index (χ0v) is 11.1. The molecular formula is C14H16F3NO. The molecule has 1 amide bonds. The number of halogens is 3. The van der Waals surface area contributed by atoms with E-state index in [0.717, 1.165) is 11.1 Å². The summed E-state index contributed by atoms with van der Waals surface area (Å²) in [5.74, 6) is -1.88. The number of hydrogen-bond donors (Lipinski definition) is 1. The Morgan fingerprint density at radius 1 is 1.21 bits per heavy atom. The van der Waals surface area contributed by atoms with Gasteiger partial charge in [0.2, 0.25) is 0 Å². The molecule has 1 N–H and O–H groups in total. The molecule has 1 aliphatic rings. The highest BCUT2D eigenvalue weighted by Gasteiger charge is 2.64. The molecule has 1 unspecified atom stereocenters. The number of nitrogens with one attached hydrogen (secondary N) is 1. The third kappa shape index (κ3) is 2.33. The van der Waals surface area contributed by atoms with E-state index in [-0.39, 0.29) is 5.41 Å². The van der Waals surface area contributed by atoms with Crippen LogP contribution in [0, 0.1) is 12.3 Å². The Bertz CT molecular complexity index is 504. The van der Waals surface area contributed by atoms with Crippen LogP contribution in [0.15, 0.2) is 24.3 Å². The van der Waals surface area contributed by atoms with Gasteiger partial charge in [0.1, 0.15) is 0 Å². The smallest absolute Gasteiger partial charge is 0.338 e. The van der Waals surface area contributed by atoms with Crippen molar-refractivity contribution in [3.63, 3.8) is 0 Å². The van der Waals surface area contributed by atoms with Gasteiger partial charge < -0.3 is 5.32 Å². The fraction of sp³-hybridized carbons (Fsp3) is 0.500. The number of alkyl halides is 3. The van der Waals surface area contributed by atoms with Gasteiger partial charge in [-0.15, -0.1) is 0 Å². The molecule has 0 spiro atoms. The summed E-state index contributed by atoms with van der Waals surface area (Å²) in [5, 5.41) is 2.17. The van der Waals surface area contributed by atoms with E-state index < -0.39 is 17.6 Å². The molecule has 0 radical (unpaired) electrons. The van der Waals surface area contributed by atoms with Gasteiger partial charge >= 0.3 is 12.1 Å². The molecule has 104 valence electrons. The molecule has 1 aromatic carbocycles. The normalized spacial score (nSPS) is 24.9. The standard InChI is InChI=1S/C14H16F3NO/c1-9-4-6-10(7-5-9)13(8-12(13,2)3)18-11(19)14(15,16)17/h4-7H,8H2,1-3H3,(H,18,19). The van der Waals surface area contributed by atoms with Crippen molar-refractivity contribution in [1.82, 2.24) is 5.32 Å². The Morgan fingerprint density at radius 2 is 1.68 bits per heavy atom. The van der Waals surface area contributed by atoms with Crippen LogP contribution in [0.2, 0.25) is 0 Å². The molecule has 1 saturated carbocycles. The van der Waals surface area contributed by atoms with Gasteiger partial charge in [-0.05, 0) is 24.3 Å². The molecule has 1 aromatic rings. The first-order valence-electron chi connectivity index (χ1n) is 6.05. The van der Waals surface area contributed by atoms with Crippen LogP contribution >= 0.6 is 0 Å². The van der Waals surface area contributed by atoms with Crippen molar-refractivity contribution in [1.29, 1.82) is 0 Å². The van der Waals surface area contributed by atoms with E-state index in [2.05, 4.69) is 5.32 Å². The van der Waals surface area contributed by atoms with Crippen molar-refractivity contribution in [2.24, 2.45) is 5.41 Å². The first kappa shape index (κ1) is 13.9. The van der Waals surface area contributed by atoms with Gasteiger partial charge in [0.15, 0.2) is 0 Å². The Morgan fingerprint density at radius 3 is 2.05 bits per heavy atom. The zero-order valence-electron chi connectivity index (χ0n) is 11.1. The Hall–Kier alpha value is -1.52. The Labute approximate surface area is 110 Å². The lowest BCUT2D eigenvalue weighted by atomic mass is 9.95. The molecule has 2 rings (SSSR count). The van der Waals surface area contributed by atoms with Crippen molar-refractivity contribution in [3.8, 4) is 0 Å². The van der Waals surface area contributed by atoms with Crippen LogP contribution in [0.1, 0.15) is 31.4 Å². The first-order chi connectivity index (χ1) is 8.58. The van der Waals surface area contributed by atoms with E-state index in [0.29, 0.717) is 6.42 Å². The summed E-state index contributed by atoms with van der Waals surface area (Å²) in [6, 6.07) is 7.23. The second-order valence-corrected chi connectivity index (χ2v) is 5.78. The maximum absolute atomic E-state index is 12.4. The summed E-state index contributed by atoms with van der Waals surface area (Å²) in [6.45, 7) is 5.61. The molecule has 0 heterocycles. The second kappa shape index (κ2) is 3.99. The molecule has 0 aliphatic heterocycles. The number of benzene rings is 1. The monoisotopic (exact) mass is 271 g/mol. The number of carbonyl (C=O) groups is 1. The lowest BCUT2D eigenvalue weighted by Crippen LogP contribution is -2.45. The van der Waals surface area contributed by atoms with Crippen molar-refractivity contribution in [2.45, 2.75) is 38.9 Å². The van der Waals surface area contributed by atoms with Gasteiger partial charge in [0.25, 0.3) is 0 Å². The third-order valence-corrected chi connectivity index (χ3v) is 3.87. The minimum absolute atomic E-state index is 0.372. The zero-order chi connectivity index (χ0) is 14.5. The van der Waals surface area contributed by atoms with Crippen LogP contribution in [0.4, 0.5) is 13.2 Å². The van der Waals surface area contributed by atoms with Crippen LogP contribution < -0.4 is 5.32 Å². The van der Waals surface area contributed by atoms with Gasteiger partial charge in [0.05, 0.1) is 5.54 Å². The highest BCUT2D eigenvalue weighted by atomic mass is 19.4. The summed E-state index contributed by atoms with van der Waals surface area (Å²) >= 11 is 0. The molecule has 0 saturated heterocycles. The van der Waals surface area contributed by atoms with Crippen LogP contribution in [-0.2, 0) is 10.3 Å². The summed E-state index contributed by atoms with van der Waals surface area (Å²) in [5.41, 5.74) is 0.469. The average molecular weight is 271 g/mol.